The molecule has 2 aromatic heterocycles. The molecule has 7 nitrogen and oxygen atoms in total. The van der Waals surface area contributed by atoms with E-state index in [1.807, 2.05) is 47.5 Å². The highest BCUT2D eigenvalue weighted by atomic mass is 35.5. The summed E-state index contributed by atoms with van der Waals surface area (Å²) in [5.74, 6) is 0.469. The number of fused-ring (bicyclic) bond motifs is 1. The van der Waals surface area contributed by atoms with Gasteiger partial charge in [0.1, 0.15) is 12.4 Å². The van der Waals surface area contributed by atoms with Crippen LogP contribution in [0.3, 0.4) is 0 Å². The van der Waals surface area contributed by atoms with Crippen molar-refractivity contribution in [3.63, 3.8) is 0 Å². The van der Waals surface area contributed by atoms with Crippen molar-refractivity contribution in [2.24, 2.45) is 0 Å². The molecule has 0 saturated carbocycles. The first kappa shape index (κ1) is 22.9. The van der Waals surface area contributed by atoms with Gasteiger partial charge in [0.15, 0.2) is 0 Å². The van der Waals surface area contributed by atoms with Crippen LogP contribution in [0.25, 0.3) is 10.9 Å². The number of hydrogen-bond acceptors (Lipinski definition) is 4. The smallest absolute Gasteiger partial charge is 0.258 e. The zero-order chi connectivity index (χ0) is 24.2. The van der Waals surface area contributed by atoms with Gasteiger partial charge in [-0.2, -0.15) is 0 Å². The maximum Gasteiger partial charge on any atom is 0.258 e. The Morgan fingerprint density at radius 3 is 2.63 bits per heavy atom. The molecule has 1 fully saturated rings. The summed E-state index contributed by atoms with van der Waals surface area (Å²) in [4.78, 5) is 37.7. The summed E-state index contributed by atoms with van der Waals surface area (Å²) < 4.78 is 0. The van der Waals surface area contributed by atoms with E-state index in [2.05, 4.69) is 15.3 Å². The summed E-state index contributed by atoms with van der Waals surface area (Å²) in [7, 11) is 0. The number of aromatic nitrogens is 2. The minimum atomic E-state index is -0.269. The molecular formula is C27H26ClN5O2. The highest BCUT2D eigenvalue weighted by molar-refractivity contribution is 6.34. The van der Waals surface area contributed by atoms with Crippen LogP contribution in [0.4, 0.5) is 11.5 Å². The number of nitrogens with one attached hydrogen (secondary N) is 2. The van der Waals surface area contributed by atoms with Crippen molar-refractivity contribution in [1.29, 1.82) is 0 Å². The van der Waals surface area contributed by atoms with Crippen LogP contribution in [0.5, 0.6) is 0 Å². The maximum absolute atomic E-state index is 13.6. The number of likely N-dealkylation sites (tertiary alicyclic amines) is 1. The average molecular weight is 488 g/mol. The average Bonchev–Trinajstić information content (AvgIpc) is 3.36. The number of rotatable bonds is 6. The number of aromatic amines is 1. The largest absolute Gasteiger partial charge is 0.367 e. The van der Waals surface area contributed by atoms with E-state index >= 15 is 0 Å². The molecule has 0 radical (unpaired) electrons. The Morgan fingerprint density at radius 1 is 1.06 bits per heavy atom. The Hall–Kier alpha value is -3.84. The van der Waals surface area contributed by atoms with Crippen LogP contribution in [0.15, 0.2) is 79.1 Å². The predicted octanol–water partition coefficient (Wildman–Crippen LogP) is 4.97. The van der Waals surface area contributed by atoms with Crippen molar-refractivity contribution in [2.45, 2.75) is 18.9 Å². The van der Waals surface area contributed by atoms with E-state index in [4.69, 9.17) is 11.6 Å². The monoisotopic (exact) mass is 487 g/mol. The Bertz CT molecular complexity index is 1330. The van der Waals surface area contributed by atoms with Gasteiger partial charge < -0.3 is 15.2 Å². The number of para-hydroxylation sites is 1. The fourth-order valence-corrected chi connectivity index (χ4v) is 4.68. The lowest BCUT2D eigenvalue weighted by molar-refractivity contribution is -0.130. The van der Waals surface area contributed by atoms with Crippen molar-refractivity contribution < 1.29 is 9.59 Å². The van der Waals surface area contributed by atoms with Gasteiger partial charge in [0.05, 0.1) is 10.7 Å². The highest BCUT2D eigenvalue weighted by Gasteiger charge is 2.28. The highest BCUT2D eigenvalue weighted by Crippen LogP contribution is 2.28. The molecule has 35 heavy (non-hydrogen) atoms. The SMILES string of the molecule is O=C(CN(C(=O)c1ccc2cc[nH]c2c1)c1ccccc1Cl)N1CCC(Nc2ccccn2)CC1. The molecule has 2 aromatic carbocycles. The summed E-state index contributed by atoms with van der Waals surface area (Å²) in [5.41, 5.74) is 1.88. The number of nitrogens with zero attached hydrogens (tertiary/aromatic N) is 3. The van der Waals surface area contributed by atoms with Gasteiger partial charge in [0, 0.05) is 42.6 Å². The molecule has 8 heteroatoms. The second-order valence-corrected chi connectivity index (χ2v) is 9.04. The van der Waals surface area contributed by atoms with E-state index in [9.17, 15) is 9.59 Å². The summed E-state index contributed by atoms with van der Waals surface area (Å²) >= 11 is 6.45. The van der Waals surface area contributed by atoms with E-state index in [-0.39, 0.29) is 24.4 Å². The lowest BCUT2D eigenvalue weighted by Gasteiger charge is -2.34. The van der Waals surface area contributed by atoms with Gasteiger partial charge in [0.2, 0.25) is 5.91 Å². The molecule has 3 heterocycles. The van der Waals surface area contributed by atoms with Crippen LogP contribution >= 0.6 is 11.6 Å². The van der Waals surface area contributed by atoms with Crippen molar-refractivity contribution >= 4 is 45.8 Å². The minimum Gasteiger partial charge on any atom is -0.367 e. The molecule has 4 aromatic rings. The van der Waals surface area contributed by atoms with E-state index in [1.165, 1.54) is 4.90 Å². The molecule has 0 unspecified atom stereocenters. The Balaban J connectivity index is 1.31. The zero-order valence-corrected chi connectivity index (χ0v) is 19.9. The van der Waals surface area contributed by atoms with Gasteiger partial charge >= 0.3 is 0 Å². The first-order valence-electron chi connectivity index (χ1n) is 11.7. The number of halogens is 1. The second kappa shape index (κ2) is 10.2. The number of hydrogen-bond donors (Lipinski definition) is 2. The van der Waals surface area contributed by atoms with Crippen molar-refractivity contribution in [3.8, 4) is 0 Å². The molecule has 1 aliphatic rings. The second-order valence-electron chi connectivity index (χ2n) is 8.64. The Kier molecular flexibility index (Phi) is 6.68. The number of anilines is 2. The summed E-state index contributed by atoms with van der Waals surface area (Å²) in [6.07, 6.45) is 5.22. The molecule has 0 spiro atoms. The van der Waals surface area contributed by atoms with Gasteiger partial charge in [-0.3, -0.25) is 14.5 Å². The normalized spacial score (nSPS) is 14.1. The van der Waals surface area contributed by atoms with Crippen LogP contribution in [0, 0.1) is 0 Å². The quantitative estimate of drug-likeness (QED) is 0.402. The Labute approximate surface area is 208 Å². The molecule has 0 aliphatic carbocycles. The third-order valence-electron chi connectivity index (χ3n) is 6.35. The number of pyridine rings is 1. The molecule has 2 amide bonds. The molecular weight excluding hydrogens is 462 g/mol. The van der Waals surface area contributed by atoms with Crippen molar-refractivity contribution in [2.75, 3.05) is 29.9 Å². The standard InChI is InChI=1S/C27H26ClN5O2/c28-22-5-1-2-6-24(22)33(27(35)20-9-8-19-10-14-29-23(19)17-20)18-26(34)32-15-11-21(12-16-32)31-25-7-3-4-13-30-25/h1-10,13-14,17,21,29H,11-12,15-16,18H2,(H,30,31). The van der Waals surface area contributed by atoms with Crippen LogP contribution in [-0.4, -0.2) is 52.4 Å². The van der Waals surface area contributed by atoms with Gasteiger partial charge in [-0.15, -0.1) is 0 Å². The minimum absolute atomic E-state index is 0.0797. The third-order valence-corrected chi connectivity index (χ3v) is 6.67. The van der Waals surface area contributed by atoms with E-state index < -0.39 is 0 Å². The Morgan fingerprint density at radius 2 is 1.86 bits per heavy atom. The van der Waals surface area contributed by atoms with Crippen LogP contribution in [0.2, 0.25) is 5.02 Å². The molecule has 5 rings (SSSR count). The zero-order valence-electron chi connectivity index (χ0n) is 19.2. The molecule has 1 aliphatic heterocycles. The topological polar surface area (TPSA) is 81.3 Å². The lowest BCUT2D eigenvalue weighted by atomic mass is 10.0. The number of benzene rings is 2. The van der Waals surface area contributed by atoms with E-state index in [0.29, 0.717) is 29.4 Å². The molecule has 0 atom stereocenters. The fourth-order valence-electron chi connectivity index (χ4n) is 4.44. The lowest BCUT2D eigenvalue weighted by Crippen LogP contribution is -2.47. The van der Waals surface area contributed by atoms with Gasteiger partial charge in [-0.05, 0) is 60.7 Å². The van der Waals surface area contributed by atoms with Crippen LogP contribution < -0.4 is 10.2 Å². The molecule has 1 saturated heterocycles. The van der Waals surface area contributed by atoms with Crippen LogP contribution in [0.1, 0.15) is 23.2 Å². The first-order chi connectivity index (χ1) is 17.1. The molecule has 0 bridgehead atoms. The predicted molar refractivity (Wildman–Crippen MR) is 139 cm³/mol. The first-order valence-corrected chi connectivity index (χ1v) is 12.0. The summed E-state index contributed by atoms with van der Waals surface area (Å²) in [5, 5.41) is 4.87. The number of carbonyl (C=O) groups is 2. The number of carbonyl (C=O) groups excluding carboxylic acids is 2. The fraction of sp³-hybridized carbons (Fsp3) is 0.222. The number of piperidine rings is 1. The van der Waals surface area contributed by atoms with Crippen molar-refractivity contribution in [1.82, 2.24) is 14.9 Å². The number of H-pyrrole nitrogens is 1. The van der Waals surface area contributed by atoms with E-state index in [1.54, 1.807) is 36.5 Å². The summed E-state index contributed by atoms with van der Waals surface area (Å²) in [6.45, 7) is 1.15. The number of amides is 2. The molecule has 2 N–H and O–H groups in total. The van der Waals surface area contributed by atoms with Gasteiger partial charge in [0.25, 0.3) is 5.91 Å². The maximum atomic E-state index is 13.6. The van der Waals surface area contributed by atoms with Gasteiger partial charge in [-0.25, -0.2) is 4.98 Å². The van der Waals surface area contributed by atoms with Gasteiger partial charge in [-0.1, -0.05) is 35.9 Å². The van der Waals surface area contributed by atoms with Crippen molar-refractivity contribution in [3.05, 3.63) is 89.7 Å². The summed E-state index contributed by atoms with van der Waals surface area (Å²) in [6, 6.07) is 20.6. The van der Waals surface area contributed by atoms with E-state index in [0.717, 1.165) is 29.6 Å². The third kappa shape index (κ3) is 5.15. The van der Waals surface area contributed by atoms with Crippen LogP contribution in [-0.2, 0) is 4.79 Å². The molecule has 178 valence electrons.